The minimum absolute atomic E-state index is 0.0204. The minimum Gasteiger partial charge on any atom is -0.504 e. The second-order valence-electron chi connectivity index (χ2n) is 24.7. The van der Waals surface area contributed by atoms with Crippen LogP contribution in [0, 0.1) is 0 Å². The van der Waals surface area contributed by atoms with Crippen LogP contribution in [0.15, 0.2) is 80.0 Å². The summed E-state index contributed by atoms with van der Waals surface area (Å²) in [5.41, 5.74) is 14.3. The van der Waals surface area contributed by atoms with Gasteiger partial charge in [0.1, 0.15) is 17.2 Å². The van der Waals surface area contributed by atoms with Gasteiger partial charge in [-0.1, -0.05) is 12.8 Å². The first-order valence-electron chi connectivity index (χ1n) is 32.3. The number of nitrogens with one attached hydrogen (secondary N) is 5. The van der Waals surface area contributed by atoms with E-state index >= 15 is 0 Å². The van der Waals surface area contributed by atoms with Crippen molar-refractivity contribution in [2.75, 3.05) is 35.6 Å². The lowest BCUT2D eigenvalue weighted by Crippen LogP contribution is -2.44. The number of Topliss-reactive ketones (excluding diaryl/α,β-unsaturated/α-hetero) is 6. The smallest absolute Gasteiger partial charge is 0.292 e. The SMILES string of the molecule is Cn1cc(CC(=O)c2cc(CC(=O)c3cc(CC(=O)c4nc(CC(=O)C(CCNC(=O)c5cc(NC(=O)c6c(O)c(NC(=O)c7nc(NC(=O)c8nccn8C)cn7C)cn6C)cn5C)NC(=O)CCCCCCN)cn4C)cn3C)cn2C)cc1C(=O)CCCC(=O)CCCCN. The molecule has 520 valence electrons. The maximum absolute atomic E-state index is 14.1. The highest BCUT2D eigenvalue weighted by molar-refractivity contribution is 6.10. The molecule has 8 aromatic heterocycles. The average molecular weight is 1350 g/mol. The number of hydrogen-bond acceptors (Lipinski definition) is 17. The summed E-state index contributed by atoms with van der Waals surface area (Å²) in [6.07, 6.45) is 19.6. The van der Waals surface area contributed by atoms with E-state index < -0.39 is 41.2 Å². The maximum Gasteiger partial charge on any atom is 0.292 e. The molecule has 1 unspecified atom stereocenters. The fraction of sp³-hybridized carbons (Fsp3) is 0.412. The van der Waals surface area contributed by atoms with Gasteiger partial charge in [-0.15, -0.1) is 0 Å². The number of hydrogen-bond donors (Lipinski definition) is 8. The van der Waals surface area contributed by atoms with Gasteiger partial charge in [0, 0.05) is 164 Å². The van der Waals surface area contributed by atoms with Crippen molar-refractivity contribution in [2.45, 2.75) is 109 Å². The zero-order valence-corrected chi connectivity index (χ0v) is 56.5. The molecule has 0 aromatic carbocycles. The highest BCUT2D eigenvalue weighted by Crippen LogP contribution is 2.31. The summed E-state index contributed by atoms with van der Waals surface area (Å²) in [4.78, 5) is 160. The predicted molar refractivity (Wildman–Crippen MR) is 362 cm³/mol. The van der Waals surface area contributed by atoms with Gasteiger partial charge >= 0.3 is 0 Å². The number of aromatic hydroxyl groups is 1. The molecule has 98 heavy (non-hydrogen) atoms. The Morgan fingerprint density at radius 3 is 1.66 bits per heavy atom. The number of anilines is 3. The van der Waals surface area contributed by atoms with Crippen LogP contribution in [0.3, 0.4) is 0 Å². The van der Waals surface area contributed by atoms with Crippen LogP contribution in [0.25, 0.3) is 0 Å². The summed E-state index contributed by atoms with van der Waals surface area (Å²) in [5.74, 6) is -4.74. The molecule has 30 heteroatoms. The summed E-state index contributed by atoms with van der Waals surface area (Å²) in [6.45, 7) is 0.988. The molecule has 8 rings (SSSR count). The second-order valence-corrected chi connectivity index (χ2v) is 24.7. The molecule has 0 spiro atoms. The lowest BCUT2D eigenvalue weighted by atomic mass is 10.0. The normalized spacial score (nSPS) is 11.6. The summed E-state index contributed by atoms with van der Waals surface area (Å²) >= 11 is 0. The Labute approximate surface area is 565 Å². The van der Waals surface area contributed by atoms with E-state index in [9.17, 15) is 57.8 Å². The Bertz CT molecular complexity index is 4310. The first kappa shape index (κ1) is 72.9. The largest absolute Gasteiger partial charge is 0.504 e. The van der Waals surface area contributed by atoms with Gasteiger partial charge < -0.3 is 79.7 Å². The third-order valence-electron chi connectivity index (χ3n) is 16.7. The molecule has 30 nitrogen and oxygen atoms in total. The van der Waals surface area contributed by atoms with Crippen LogP contribution in [0.4, 0.5) is 17.2 Å². The van der Waals surface area contributed by atoms with Crippen molar-refractivity contribution in [3.63, 3.8) is 0 Å². The fourth-order valence-electron chi connectivity index (χ4n) is 11.7. The number of nitrogens with two attached hydrogens (primary N) is 2. The first-order chi connectivity index (χ1) is 46.7. The van der Waals surface area contributed by atoms with Gasteiger partial charge in [0.25, 0.3) is 23.6 Å². The van der Waals surface area contributed by atoms with E-state index in [0.717, 1.165) is 32.1 Å². The van der Waals surface area contributed by atoms with Gasteiger partial charge in [0.15, 0.2) is 52.0 Å². The molecule has 5 amide bonds. The van der Waals surface area contributed by atoms with E-state index in [2.05, 4.69) is 41.5 Å². The van der Waals surface area contributed by atoms with Crippen LogP contribution < -0.4 is 38.1 Å². The van der Waals surface area contributed by atoms with Crippen molar-refractivity contribution >= 4 is 81.4 Å². The average Bonchev–Trinajstić information content (AvgIpc) is 1.67. The molecule has 8 aromatic rings. The molecule has 10 N–H and O–H groups in total. The van der Waals surface area contributed by atoms with E-state index in [1.165, 1.54) is 67.8 Å². The maximum atomic E-state index is 14.1. The highest BCUT2D eigenvalue weighted by atomic mass is 16.3. The Balaban J connectivity index is 0.837. The standard InChI is InChI=1S/C68H86N18O12/c1-79-25-24-71-63(79)67(97)78-58-40-86(8)64(77-58)68(98)76-48-39-84(6)60(61(48)94)66(96)74-44-32-52(83(5)37-44)65(95)72-23-20-47(75-59(93)19-11-9-10-13-21-69)54(89)33-45-38-85(7)62(73-45)57(92)31-43-28-51(82(4)36-43)56(91)30-42-27-50(81(3)35-42)55(90)29-41-26-49(80(2)34-41)53(88)18-15-17-46(87)16-12-14-22-70/h24-28,32,34-40,47,94H,9-23,29-31,33,69-70H2,1-8H3,(H,72,95)(H,74,96)(H,75,93)(H,76,98)(H,78,97). The quantitative estimate of drug-likeness (QED) is 0.0192. The Morgan fingerprint density at radius 2 is 1.04 bits per heavy atom. The van der Waals surface area contributed by atoms with Crippen LogP contribution >= 0.6 is 0 Å². The van der Waals surface area contributed by atoms with Gasteiger partial charge in [0.05, 0.1) is 40.9 Å². The zero-order valence-electron chi connectivity index (χ0n) is 56.5. The number of aryl methyl sites for hydroxylation is 8. The van der Waals surface area contributed by atoms with Gasteiger partial charge in [-0.05, 0) is 92.6 Å². The number of rotatable bonds is 38. The van der Waals surface area contributed by atoms with Crippen LogP contribution in [0.1, 0.15) is 184 Å². The predicted octanol–water partition coefficient (Wildman–Crippen LogP) is 4.70. The van der Waals surface area contributed by atoms with Crippen LogP contribution in [-0.4, -0.2) is 147 Å². The van der Waals surface area contributed by atoms with Gasteiger partial charge in [-0.2, -0.15) is 0 Å². The van der Waals surface area contributed by atoms with Crippen molar-refractivity contribution < 1.29 is 57.8 Å². The van der Waals surface area contributed by atoms with E-state index in [1.807, 2.05) is 0 Å². The second kappa shape index (κ2) is 33.2. The molecule has 1 atom stereocenters. The lowest BCUT2D eigenvalue weighted by molar-refractivity contribution is -0.127. The fourth-order valence-corrected chi connectivity index (χ4v) is 11.7. The van der Waals surface area contributed by atoms with E-state index in [-0.39, 0.29) is 138 Å². The topological polar surface area (TPSA) is 398 Å². The monoisotopic (exact) mass is 1350 g/mol. The van der Waals surface area contributed by atoms with Crippen LogP contribution in [0.5, 0.6) is 5.75 Å². The molecular formula is C68H86N18O12. The van der Waals surface area contributed by atoms with E-state index in [4.69, 9.17) is 11.5 Å². The third kappa shape index (κ3) is 18.8. The molecule has 0 aliphatic heterocycles. The molecule has 8 heterocycles. The summed E-state index contributed by atoms with van der Waals surface area (Å²) in [7, 11) is 13.0. The number of carbonyl (C=O) groups is 11. The highest BCUT2D eigenvalue weighted by Gasteiger charge is 2.28. The Hall–Kier alpha value is -10.9. The van der Waals surface area contributed by atoms with Gasteiger partial charge in [-0.3, -0.25) is 52.7 Å². The molecule has 0 bridgehead atoms. The number of nitrogens with zero attached hydrogens (tertiary/aromatic N) is 11. The lowest BCUT2D eigenvalue weighted by Gasteiger charge is -2.18. The molecule has 0 saturated carbocycles. The molecular weight excluding hydrogens is 1260 g/mol. The molecule has 0 fully saturated rings. The van der Waals surface area contributed by atoms with E-state index in [1.54, 1.807) is 105 Å². The zero-order chi connectivity index (χ0) is 71.1. The van der Waals surface area contributed by atoms with Gasteiger partial charge in [-0.25, -0.2) is 15.0 Å². The summed E-state index contributed by atoms with van der Waals surface area (Å²) in [6, 6.07) is 5.34. The van der Waals surface area contributed by atoms with Crippen LogP contribution in [-0.2, 0) is 96.4 Å². The summed E-state index contributed by atoms with van der Waals surface area (Å²) in [5, 5.41) is 24.6. The van der Waals surface area contributed by atoms with Gasteiger partial charge in [0.2, 0.25) is 17.5 Å². The summed E-state index contributed by atoms with van der Waals surface area (Å²) < 4.78 is 12.1. The Kier molecular flexibility index (Phi) is 24.7. The molecule has 0 saturated heterocycles. The number of carbonyl (C=O) groups excluding carboxylic acids is 11. The van der Waals surface area contributed by atoms with Crippen molar-refractivity contribution in [1.82, 2.24) is 62.1 Å². The number of unbranched alkanes of at least 4 members (excludes halogenated alkanes) is 4. The van der Waals surface area contributed by atoms with Crippen molar-refractivity contribution in [3.05, 3.63) is 148 Å². The van der Waals surface area contributed by atoms with E-state index in [0.29, 0.717) is 72.5 Å². The number of aromatic nitrogens is 11. The van der Waals surface area contributed by atoms with Crippen LogP contribution in [0.2, 0.25) is 0 Å². The number of ketones is 6. The number of imidazole rings is 3. The third-order valence-corrected chi connectivity index (χ3v) is 16.7. The number of amides is 5. The molecule has 0 radical (unpaired) electrons. The van der Waals surface area contributed by atoms with Crippen molar-refractivity contribution in [3.8, 4) is 5.75 Å². The molecule has 0 aliphatic rings. The van der Waals surface area contributed by atoms with Crippen molar-refractivity contribution in [1.29, 1.82) is 0 Å². The van der Waals surface area contributed by atoms with Crippen molar-refractivity contribution in [2.24, 2.45) is 67.8 Å². The minimum atomic E-state index is -1.07. The Morgan fingerprint density at radius 1 is 0.480 bits per heavy atom. The first-order valence-corrected chi connectivity index (χ1v) is 32.3. The molecule has 0 aliphatic carbocycles.